The molecule has 7 heteroatoms. The second-order valence-electron chi connectivity index (χ2n) is 7.08. The quantitative estimate of drug-likeness (QED) is 0.756. The number of hydrogen-bond donors (Lipinski definition) is 2. The number of amides is 2. The van der Waals surface area contributed by atoms with Crippen LogP contribution < -0.4 is 10.6 Å². The Bertz CT molecular complexity index is 767. The smallest absolute Gasteiger partial charge is 0.286 e. The van der Waals surface area contributed by atoms with E-state index in [9.17, 15) is 9.59 Å². The number of aromatic nitrogens is 2. The number of nitrogens with one attached hydrogen (secondary N) is 2. The molecule has 2 N–H and O–H groups in total. The van der Waals surface area contributed by atoms with E-state index in [2.05, 4.69) is 20.8 Å². The molecular formula is C20H26N4O2S. The van der Waals surface area contributed by atoms with Crippen molar-refractivity contribution in [1.82, 2.24) is 15.5 Å². The van der Waals surface area contributed by atoms with E-state index in [4.69, 9.17) is 0 Å². The van der Waals surface area contributed by atoms with Crippen molar-refractivity contribution < 1.29 is 9.59 Å². The molecule has 3 rings (SSSR count). The summed E-state index contributed by atoms with van der Waals surface area (Å²) < 4.78 is 0. The van der Waals surface area contributed by atoms with Gasteiger partial charge in [-0.1, -0.05) is 48.3 Å². The predicted molar refractivity (Wildman–Crippen MR) is 107 cm³/mol. The van der Waals surface area contributed by atoms with Gasteiger partial charge < -0.3 is 10.6 Å². The van der Waals surface area contributed by atoms with Crippen LogP contribution in [0.5, 0.6) is 0 Å². The van der Waals surface area contributed by atoms with Gasteiger partial charge in [0.1, 0.15) is 5.01 Å². The van der Waals surface area contributed by atoms with E-state index in [1.807, 2.05) is 31.2 Å². The highest BCUT2D eigenvalue weighted by Gasteiger charge is 2.16. The minimum absolute atomic E-state index is 0.115. The average molecular weight is 387 g/mol. The molecule has 2 amide bonds. The van der Waals surface area contributed by atoms with Gasteiger partial charge in [0.25, 0.3) is 5.91 Å². The Morgan fingerprint density at radius 3 is 2.59 bits per heavy atom. The van der Waals surface area contributed by atoms with Crippen molar-refractivity contribution in [3.05, 3.63) is 39.8 Å². The summed E-state index contributed by atoms with van der Waals surface area (Å²) in [4.78, 5) is 24.3. The summed E-state index contributed by atoms with van der Waals surface area (Å²) >= 11 is 1.28. The first-order chi connectivity index (χ1) is 13.1. The first-order valence-electron chi connectivity index (χ1n) is 9.60. The lowest BCUT2D eigenvalue weighted by molar-refractivity contribution is -0.122. The molecule has 0 spiro atoms. The Balaban J connectivity index is 1.41. The topological polar surface area (TPSA) is 84.0 Å². The molecule has 6 nitrogen and oxygen atoms in total. The van der Waals surface area contributed by atoms with Crippen molar-refractivity contribution in [1.29, 1.82) is 0 Å². The predicted octanol–water partition coefficient (Wildman–Crippen LogP) is 3.87. The summed E-state index contributed by atoms with van der Waals surface area (Å²) in [5.41, 5.74) is 1.88. The van der Waals surface area contributed by atoms with Crippen LogP contribution in [0, 0.1) is 6.92 Å². The standard InChI is InChI=1S/C20H26N4O2S/c1-14-10-12-16(13-11-14)22-19(26)20-24-23-18(27-20)9-5-8-17(25)21-15-6-3-2-4-7-15/h10-13,15H,2-9H2,1H3,(H,21,25)(H,22,26). The van der Waals surface area contributed by atoms with Crippen LogP contribution in [0.1, 0.15) is 65.3 Å². The Hall–Kier alpha value is -2.28. The number of nitrogens with zero attached hydrogens (tertiary/aromatic N) is 2. The fourth-order valence-corrected chi connectivity index (χ4v) is 3.99. The van der Waals surface area contributed by atoms with Crippen molar-refractivity contribution in [2.24, 2.45) is 0 Å². The van der Waals surface area contributed by atoms with Crippen LogP contribution in [0.25, 0.3) is 0 Å². The van der Waals surface area contributed by atoms with Gasteiger partial charge in [-0.25, -0.2) is 0 Å². The van der Waals surface area contributed by atoms with Crippen molar-refractivity contribution in [2.75, 3.05) is 5.32 Å². The molecule has 0 saturated heterocycles. The van der Waals surface area contributed by atoms with Gasteiger partial charge in [0.15, 0.2) is 0 Å². The van der Waals surface area contributed by atoms with Gasteiger partial charge in [0.2, 0.25) is 10.9 Å². The molecule has 1 aromatic carbocycles. The monoisotopic (exact) mass is 386 g/mol. The van der Waals surface area contributed by atoms with E-state index in [0.717, 1.165) is 29.1 Å². The second kappa shape index (κ2) is 9.60. The van der Waals surface area contributed by atoms with Crippen molar-refractivity contribution in [2.45, 2.75) is 64.3 Å². The number of rotatable bonds is 7. The molecule has 0 atom stereocenters. The van der Waals surface area contributed by atoms with Crippen molar-refractivity contribution in [3.8, 4) is 0 Å². The van der Waals surface area contributed by atoms with Gasteiger partial charge in [-0.3, -0.25) is 9.59 Å². The average Bonchev–Trinajstić information content (AvgIpc) is 3.13. The molecule has 1 fully saturated rings. The summed E-state index contributed by atoms with van der Waals surface area (Å²) in [5, 5.41) is 15.1. The van der Waals surface area contributed by atoms with Gasteiger partial charge in [-0.05, 0) is 38.3 Å². The minimum atomic E-state index is -0.252. The molecule has 0 radical (unpaired) electrons. The van der Waals surface area contributed by atoms with Crippen LogP contribution in [0.4, 0.5) is 5.69 Å². The molecule has 1 aromatic heterocycles. The van der Waals surface area contributed by atoms with Crippen LogP contribution >= 0.6 is 11.3 Å². The SMILES string of the molecule is Cc1ccc(NC(=O)c2nnc(CCCC(=O)NC3CCCCC3)s2)cc1. The summed E-state index contributed by atoms with van der Waals surface area (Å²) in [5.74, 6) is -0.138. The summed E-state index contributed by atoms with van der Waals surface area (Å²) in [7, 11) is 0. The zero-order chi connectivity index (χ0) is 19.1. The number of carbonyl (C=O) groups is 2. The second-order valence-corrected chi connectivity index (χ2v) is 8.14. The molecule has 144 valence electrons. The van der Waals surface area contributed by atoms with E-state index in [1.54, 1.807) is 0 Å². The van der Waals surface area contributed by atoms with Gasteiger partial charge >= 0.3 is 0 Å². The fourth-order valence-electron chi connectivity index (χ4n) is 3.21. The number of aryl methyl sites for hydroxylation is 2. The zero-order valence-electron chi connectivity index (χ0n) is 15.7. The van der Waals surface area contributed by atoms with E-state index in [0.29, 0.717) is 30.3 Å². The minimum Gasteiger partial charge on any atom is -0.353 e. The maximum atomic E-state index is 12.2. The molecule has 0 unspecified atom stereocenters. The number of anilines is 1. The van der Waals surface area contributed by atoms with Crippen molar-refractivity contribution >= 4 is 28.8 Å². The molecule has 1 aliphatic carbocycles. The first-order valence-corrected chi connectivity index (χ1v) is 10.4. The highest BCUT2D eigenvalue weighted by Crippen LogP contribution is 2.18. The normalized spacial score (nSPS) is 14.7. The first kappa shape index (κ1) is 19.5. The van der Waals surface area contributed by atoms with Crippen LogP contribution in [-0.4, -0.2) is 28.1 Å². The van der Waals surface area contributed by atoms with Crippen molar-refractivity contribution in [3.63, 3.8) is 0 Å². The van der Waals surface area contributed by atoms with E-state index < -0.39 is 0 Å². The molecule has 1 aliphatic rings. The number of hydrogen-bond acceptors (Lipinski definition) is 5. The van der Waals surface area contributed by atoms with Gasteiger partial charge in [-0.2, -0.15) is 0 Å². The van der Waals surface area contributed by atoms with Crippen LogP contribution in [0.3, 0.4) is 0 Å². The molecule has 27 heavy (non-hydrogen) atoms. The summed E-state index contributed by atoms with van der Waals surface area (Å²) in [6, 6.07) is 7.96. The molecule has 0 bridgehead atoms. The zero-order valence-corrected chi connectivity index (χ0v) is 16.5. The fraction of sp³-hybridized carbons (Fsp3) is 0.500. The molecular weight excluding hydrogens is 360 g/mol. The Kier molecular flexibility index (Phi) is 6.92. The molecule has 0 aliphatic heterocycles. The Labute approximate surface area is 163 Å². The maximum absolute atomic E-state index is 12.2. The van der Waals surface area contributed by atoms with Crippen LogP contribution in [0.15, 0.2) is 24.3 Å². The largest absolute Gasteiger partial charge is 0.353 e. The van der Waals surface area contributed by atoms with Crippen LogP contribution in [0.2, 0.25) is 0 Å². The highest BCUT2D eigenvalue weighted by molar-refractivity contribution is 7.13. The third-order valence-corrected chi connectivity index (χ3v) is 5.72. The molecule has 1 saturated carbocycles. The van der Waals surface area contributed by atoms with Gasteiger partial charge in [0, 0.05) is 24.6 Å². The third-order valence-electron chi connectivity index (χ3n) is 4.74. The lowest BCUT2D eigenvalue weighted by atomic mass is 9.95. The lowest BCUT2D eigenvalue weighted by Gasteiger charge is -2.22. The van der Waals surface area contributed by atoms with E-state index in [-0.39, 0.29) is 11.8 Å². The molecule has 2 aromatic rings. The van der Waals surface area contributed by atoms with Gasteiger partial charge in [-0.15, -0.1) is 10.2 Å². The number of carbonyl (C=O) groups excluding carboxylic acids is 2. The van der Waals surface area contributed by atoms with E-state index >= 15 is 0 Å². The maximum Gasteiger partial charge on any atom is 0.286 e. The van der Waals surface area contributed by atoms with Crippen LogP contribution in [-0.2, 0) is 11.2 Å². The van der Waals surface area contributed by atoms with E-state index in [1.165, 1.54) is 30.6 Å². The Morgan fingerprint density at radius 1 is 1.11 bits per heavy atom. The number of benzene rings is 1. The Morgan fingerprint density at radius 2 is 1.85 bits per heavy atom. The lowest BCUT2D eigenvalue weighted by Crippen LogP contribution is -2.36. The molecule has 1 heterocycles. The summed E-state index contributed by atoms with van der Waals surface area (Å²) in [6.07, 6.45) is 7.76. The van der Waals surface area contributed by atoms with Gasteiger partial charge in [0.05, 0.1) is 0 Å². The third kappa shape index (κ3) is 6.13. The summed E-state index contributed by atoms with van der Waals surface area (Å²) in [6.45, 7) is 2.00. The highest BCUT2D eigenvalue weighted by atomic mass is 32.1.